The lowest BCUT2D eigenvalue weighted by atomic mass is 10.0. The van der Waals surface area contributed by atoms with Gasteiger partial charge in [-0.25, -0.2) is 4.79 Å². The third-order valence-electron chi connectivity index (χ3n) is 3.71. The van der Waals surface area contributed by atoms with Crippen molar-refractivity contribution in [1.29, 1.82) is 0 Å². The number of hydrogen-bond donors (Lipinski definition) is 1. The Bertz CT molecular complexity index is 518. The monoisotopic (exact) mass is 310 g/mol. The molecule has 2 amide bonds. The van der Waals surface area contributed by atoms with Crippen molar-refractivity contribution in [2.75, 3.05) is 18.0 Å². The topological polar surface area (TPSA) is 60.9 Å². The minimum atomic E-state index is -1.04. The highest BCUT2D eigenvalue weighted by molar-refractivity contribution is 6.30. The molecule has 1 unspecified atom stereocenters. The predicted octanol–water partition coefficient (Wildman–Crippen LogP) is 3.23. The summed E-state index contributed by atoms with van der Waals surface area (Å²) in [5, 5.41) is 9.62. The largest absolute Gasteiger partial charge is 0.480 e. The molecule has 1 N–H and O–H groups in total. The van der Waals surface area contributed by atoms with E-state index in [4.69, 9.17) is 16.7 Å². The number of benzene rings is 1. The fourth-order valence-corrected chi connectivity index (χ4v) is 2.69. The minimum Gasteiger partial charge on any atom is -0.480 e. The highest BCUT2D eigenvalue weighted by Crippen LogP contribution is 2.23. The second kappa shape index (κ2) is 6.80. The van der Waals surface area contributed by atoms with Crippen LogP contribution in [-0.4, -0.2) is 41.1 Å². The molecule has 21 heavy (non-hydrogen) atoms. The Balaban J connectivity index is 2.24. The molecule has 0 radical (unpaired) electrons. The van der Waals surface area contributed by atoms with E-state index >= 15 is 0 Å². The lowest BCUT2D eigenvalue weighted by Gasteiger charge is -2.37. The minimum absolute atomic E-state index is 0.134. The second-order valence-electron chi connectivity index (χ2n) is 5.28. The van der Waals surface area contributed by atoms with Gasteiger partial charge in [-0.05, 0) is 50.5 Å². The standard InChI is InChI=1S/C15H19ClN2O3/c1-11-4-2-3-9-17(11)15(21)18(10-14(19)20)13-7-5-12(16)6-8-13/h5-8,11H,2-4,9-10H2,1H3,(H,19,20). The molecule has 0 aromatic heterocycles. The van der Waals surface area contributed by atoms with Crippen molar-refractivity contribution in [3.8, 4) is 0 Å². The number of carboxylic acids is 1. The number of carbonyl (C=O) groups is 2. The quantitative estimate of drug-likeness (QED) is 0.932. The van der Waals surface area contributed by atoms with Crippen LogP contribution in [0.3, 0.4) is 0 Å². The molecular formula is C15H19ClN2O3. The smallest absolute Gasteiger partial charge is 0.325 e. The maximum absolute atomic E-state index is 12.7. The Morgan fingerprint density at radius 3 is 2.57 bits per heavy atom. The number of nitrogens with zero attached hydrogens (tertiary/aromatic N) is 2. The number of likely N-dealkylation sites (tertiary alicyclic amines) is 1. The molecule has 0 spiro atoms. The second-order valence-corrected chi connectivity index (χ2v) is 5.71. The van der Waals surface area contributed by atoms with Gasteiger partial charge in [0.2, 0.25) is 0 Å². The van der Waals surface area contributed by atoms with Gasteiger partial charge in [-0.3, -0.25) is 9.69 Å². The zero-order valence-electron chi connectivity index (χ0n) is 12.0. The number of carboxylic acid groups (broad SMARTS) is 1. The molecule has 1 heterocycles. The number of aliphatic carboxylic acids is 1. The van der Waals surface area contributed by atoms with Gasteiger partial charge in [0.25, 0.3) is 0 Å². The number of amides is 2. The average Bonchev–Trinajstić information content (AvgIpc) is 2.45. The van der Waals surface area contributed by atoms with Crippen LogP contribution in [0.5, 0.6) is 0 Å². The number of hydrogen-bond acceptors (Lipinski definition) is 2. The first kappa shape index (κ1) is 15.6. The Hall–Kier alpha value is -1.75. The molecule has 0 saturated carbocycles. The molecule has 1 atom stereocenters. The molecule has 0 aliphatic carbocycles. The highest BCUT2D eigenvalue weighted by Gasteiger charge is 2.29. The number of carbonyl (C=O) groups excluding carboxylic acids is 1. The van der Waals surface area contributed by atoms with Crippen LogP contribution in [0.25, 0.3) is 0 Å². The number of anilines is 1. The Kier molecular flexibility index (Phi) is 5.07. The molecule has 114 valence electrons. The third-order valence-corrected chi connectivity index (χ3v) is 3.96. The van der Waals surface area contributed by atoms with Crippen molar-refractivity contribution in [3.63, 3.8) is 0 Å². The first-order valence-electron chi connectivity index (χ1n) is 7.04. The van der Waals surface area contributed by atoms with Gasteiger partial charge in [-0.2, -0.15) is 0 Å². The van der Waals surface area contributed by atoms with Crippen LogP contribution in [-0.2, 0) is 4.79 Å². The Morgan fingerprint density at radius 2 is 2.00 bits per heavy atom. The molecule has 6 heteroatoms. The van der Waals surface area contributed by atoms with Crippen molar-refractivity contribution in [2.24, 2.45) is 0 Å². The summed E-state index contributed by atoms with van der Waals surface area (Å²) in [6.07, 6.45) is 3.01. The molecular weight excluding hydrogens is 292 g/mol. The van der Waals surface area contributed by atoms with Crippen LogP contribution in [0.1, 0.15) is 26.2 Å². The van der Waals surface area contributed by atoms with Crippen LogP contribution in [0.4, 0.5) is 10.5 Å². The van der Waals surface area contributed by atoms with Gasteiger partial charge in [0, 0.05) is 23.3 Å². The van der Waals surface area contributed by atoms with Crippen LogP contribution < -0.4 is 4.90 Å². The van der Waals surface area contributed by atoms with Crippen LogP contribution in [0.15, 0.2) is 24.3 Å². The lowest BCUT2D eigenvalue weighted by Crippen LogP contribution is -2.50. The van der Waals surface area contributed by atoms with E-state index in [-0.39, 0.29) is 18.6 Å². The van der Waals surface area contributed by atoms with Crippen molar-refractivity contribution >= 4 is 29.3 Å². The highest BCUT2D eigenvalue weighted by atomic mass is 35.5. The van der Waals surface area contributed by atoms with Crippen molar-refractivity contribution in [2.45, 2.75) is 32.2 Å². The predicted molar refractivity (Wildman–Crippen MR) is 81.8 cm³/mol. The maximum atomic E-state index is 12.7. The van der Waals surface area contributed by atoms with E-state index in [1.165, 1.54) is 4.90 Å². The summed E-state index contributed by atoms with van der Waals surface area (Å²) in [4.78, 5) is 26.8. The van der Waals surface area contributed by atoms with Crippen molar-refractivity contribution < 1.29 is 14.7 Å². The normalized spacial score (nSPS) is 18.4. The SMILES string of the molecule is CC1CCCCN1C(=O)N(CC(=O)O)c1ccc(Cl)cc1. The Morgan fingerprint density at radius 1 is 1.33 bits per heavy atom. The van der Waals surface area contributed by atoms with Gasteiger partial charge in [-0.15, -0.1) is 0 Å². The van der Waals surface area contributed by atoms with Gasteiger partial charge >= 0.3 is 12.0 Å². The van der Waals surface area contributed by atoms with E-state index in [9.17, 15) is 9.59 Å². The summed E-state index contributed by atoms with van der Waals surface area (Å²) < 4.78 is 0. The van der Waals surface area contributed by atoms with E-state index in [0.29, 0.717) is 17.3 Å². The molecule has 2 rings (SSSR count). The lowest BCUT2D eigenvalue weighted by molar-refractivity contribution is -0.135. The molecule has 1 aliphatic rings. The van der Waals surface area contributed by atoms with Gasteiger partial charge in [0.1, 0.15) is 6.54 Å². The average molecular weight is 311 g/mol. The fraction of sp³-hybridized carbons (Fsp3) is 0.467. The summed E-state index contributed by atoms with van der Waals surface area (Å²) >= 11 is 5.84. The summed E-state index contributed by atoms with van der Waals surface area (Å²) in [6, 6.07) is 6.51. The molecule has 1 fully saturated rings. The maximum Gasteiger partial charge on any atom is 0.325 e. The number of piperidine rings is 1. The van der Waals surface area contributed by atoms with E-state index in [0.717, 1.165) is 19.3 Å². The van der Waals surface area contributed by atoms with Gasteiger partial charge in [0.15, 0.2) is 0 Å². The summed E-state index contributed by atoms with van der Waals surface area (Å²) in [5.41, 5.74) is 0.546. The Labute approximate surface area is 129 Å². The van der Waals surface area contributed by atoms with Crippen molar-refractivity contribution in [1.82, 2.24) is 4.90 Å². The van der Waals surface area contributed by atoms with E-state index in [1.807, 2.05) is 6.92 Å². The van der Waals surface area contributed by atoms with E-state index < -0.39 is 5.97 Å². The van der Waals surface area contributed by atoms with Crippen LogP contribution in [0.2, 0.25) is 5.02 Å². The number of rotatable bonds is 3. The molecule has 1 aromatic rings. The number of urea groups is 1. The van der Waals surface area contributed by atoms with Crippen LogP contribution in [0, 0.1) is 0 Å². The third kappa shape index (κ3) is 3.88. The molecule has 1 aliphatic heterocycles. The summed E-state index contributed by atoms with van der Waals surface area (Å²) in [5.74, 6) is -1.04. The van der Waals surface area contributed by atoms with Crippen molar-refractivity contribution in [3.05, 3.63) is 29.3 Å². The van der Waals surface area contributed by atoms with E-state index in [2.05, 4.69) is 0 Å². The zero-order valence-corrected chi connectivity index (χ0v) is 12.7. The van der Waals surface area contributed by atoms with E-state index in [1.54, 1.807) is 29.2 Å². The molecule has 1 saturated heterocycles. The first-order valence-corrected chi connectivity index (χ1v) is 7.42. The zero-order chi connectivity index (χ0) is 15.4. The van der Waals surface area contributed by atoms with Gasteiger partial charge in [0.05, 0.1) is 0 Å². The van der Waals surface area contributed by atoms with Crippen LogP contribution >= 0.6 is 11.6 Å². The van der Waals surface area contributed by atoms with Gasteiger partial charge in [-0.1, -0.05) is 11.6 Å². The molecule has 0 bridgehead atoms. The first-order chi connectivity index (χ1) is 9.99. The number of halogens is 1. The molecule has 1 aromatic carbocycles. The summed E-state index contributed by atoms with van der Waals surface area (Å²) in [7, 11) is 0. The van der Waals surface area contributed by atoms with Gasteiger partial charge < -0.3 is 10.0 Å². The summed E-state index contributed by atoms with van der Waals surface area (Å²) in [6.45, 7) is 2.31. The molecule has 5 nitrogen and oxygen atoms in total. The fourth-order valence-electron chi connectivity index (χ4n) is 2.56.